The lowest BCUT2D eigenvalue weighted by molar-refractivity contribution is -0.115. The summed E-state index contributed by atoms with van der Waals surface area (Å²) in [6, 6.07) is 8.79. The molecule has 0 saturated carbocycles. The summed E-state index contributed by atoms with van der Waals surface area (Å²) < 4.78 is 26.6. The van der Waals surface area contributed by atoms with E-state index in [4.69, 9.17) is 0 Å². The fourth-order valence-electron chi connectivity index (χ4n) is 2.40. The third-order valence-corrected chi connectivity index (χ3v) is 3.74. The predicted octanol–water partition coefficient (Wildman–Crippen LogP) is 3.87. The van der Waals surface area contributed by atoms with Crippen molar-refractivity contribution in [3.05, 3.63) is 64.7 Å². The number of carbonyl (C=O) groups is 1. The number of amides is 1. The van der Waals surface area contributed by atoms with Gasteiger partial charge in [0.2, 0.25) is 5.91 Å². The van der Waals surface area contributed by atoms with Crippen molar-refractivity contribution in [1.82, 2.24) is 5.32 Å². The number of anilines is 1. The molecule has 122 valence electrons. The second-order valence-electron chi connectivity index (χ2n) is 5.58. The van der Waals surface area contributed by atoms with Gasteiger partial charge < -0.3 is 10.6 Å². The smallest absolute Gasteiger partial charge is 0.238 e. The quantitative estimate of drug-likeness (QED) is 0.878. The monoisotopic (exact) mass is 318 g/mol. The van der Waals surface area contributed by atoms with Crippen LogP contribution in [-0.4, -0.2) is 12.5 Å². The lowest BCUT2D eigenvalue weighted by atomic mass is 10.1. The second kappa shape index (κ2) is 7.33. The lowest BCUT2D eigenvalue weighted by Crippen LogP contribution is -2.30. The summed E-state index contributed by atoms with van der Waals surface area (Å²) in [6.07, 6.45) is 0. The fraction of sp³-hybridized carbons (Fsp3) is 0.278. The number of rotatable bonds is 5. The van der Waals surface area contributed by atoms with Gasteiger partial charge in [0.1, 0.15) is 11.6 Å². The number of nitrogens with one attached hydrogen (secondary N) is 2. The summed E-state index contributed by atoms with van der Waals surface area (Å²) in [4.78, 5) is 12.1. The molecule has 3 nitrogen and oxygen atoms in total. The summed E-state index contributed by atoms with van der Waals surface area (Å²) >= 11 is 0. The molecule has 0 aliphatic rings. The highest BCUT2D eigenvalue weighted by molar-refractivity contribution is 5.93. The third kappa shape index (κ3) is 4.36. The number of hydrogen-bond acceptors (Lipinski definition) is 2. The molecule has 0 heterocycles. The van der Waals surface area contributed by atoms with Gasteiger partial charge in [0, 0.05) is 23.4 Å². The molecule has 1 amide bonds. The van der Waals surface area contributed by atoms with Crippen molar-refractivity contribution in [2.75, 3.05) is 11.9 Å². The van der Waals surface area contributed by atoms with Crippen LogP contribution in [0.15, 0.2) is 36.4 Å². The van der Waals surface area contributed by atoms with Crippen LogP contribution < -0.4 is 10.6 Å². The maximum Gasteiger partial charge on any atom is 0.238 e. The van der Waals surface area contributed by atoms with Gasteiger partial charge in [-0.1, -0.05) is 24.3 Å². The zero-order valence-electron chi connectivity index (χ0n) is 13.4. The summed E-state index contributed by atoms with van der Waals surface area (Å²) in [6.45, 7) is 5.60. The van der Waals surface area contributed by atoms with Crippen LogP contribution in [0, 0.1) is 25.5 Å². The zero-order valence-corrected chi connectivity index (χ0v) is 13.4. The average molecular weight is 318 g/mol. The van der Waals surface area contributed by atoms with Gasteiger partial charge in [-0.2, -0.15) is 0 Å². The van der Waals surface area contributed by atoms with Gasteiger partial charge in [0.05, 0.1) is 6.54 Å². The Hall–Kier alpha value is -2.27. The number of hydrogen-bond donors (Lipinski definition) is 2. The lowest BCUT2D eigenvalue weighted by Gasteiger charge is -2.16. The Labute approximate surface area is 134 Å². The molecule has 2 aromatic rings. The topological polar surface area (TPSA) is 41.1 Å². The largest absolute Gasteiger partial charge is 0.324 e. The Bertz CT molecular complexity index is 696. The third-order valence-electron chi connectivity index (χ3n) is 3.74. The van der Waals surface area contributed by atoms with E-state index in [2.05, 4.69) is 10.6 Å². The van der Waals surface area contributed by atoms with Gasteiger partial charge in [0.25, 0.3) is 0 Å². The molecule has 1 atom stereocenters. The normalized spacial score (nSPS) is 12.0. The number of benzene rings is 2. The van der Waals surface area contributed by atoms with E-state index in [9.17, 15) is 13.6 Å². The van der Waals surface area contributed by atoms with Crippen LogP contribution in [0.25, 0.3) is 0 Å². The van der Waals surface area contributed by atoms with Crippen LogP contribution in [0.5, 0.6) is 0 Å². The molecule has 0 aliphatic heterocycles. The Morgan fingerprint density at radius 3 is 2.39 bits per heavy atom. The molecule has 0 aromatic heterocycles. The van der Waals surface area contributed by atoms with E-state index in [1.807, 2.05) is 32.0 Å². The Morgan fingerprint density at radius 1 is 1.13 bits per heavy atom. The SMILES string of the molecule is Cc1cccc(C)c1NC(=O)CN[C@H](C)c1ccc(F)cc1F. The summed E-state index contributed by atoms with van der Waals surface area (Å²) in [5, 5.41) is 5.80. The van der Waals surface area contributed by atoms with Gasteiger partial charge in [-0.25, -0.2) is 8.78 Å². The van der Waals surface area contributed by atoms with Crippen molar-refractivity contribution in [1.29, 1.82) is 0 Å². The molecule has 2 N–H and O–H groups in total. The minimum Gasteiger partial charge on any atom is -0.324 e. The van der Waals surface area contributed by atoms with Crippen LogP contribution in [0.3, 0.4) is 0 Å². The van der Waals surface area contributed by atoms with Gasteiger partial charge in [-0.15, -0.1) is 0 Å². The molecule has 2 aromatic carbocycles. The van der Waals surface area contributed by atoms with Crippen LogP contribution in [0.2, 0.25) is 0 Å². The van der Waals surface area contributed by atoms with Crippen molar-refractivity contribution in [2.24, 2.45) is 0 Å². The molecule has 0 fully saturated rings. The number of halogens is 2. The van der Waals surface area contributed by atoms with Crippen molar-refractivity contribution in [3.63, 3.8) is 0 Å². The molecule has 0 bridgehead atoms. The first-order chi connectivity index (χ1) is 10.9. The van der Waals surface area contributed by atoms with Crippen molar-refractivity contribution in [2.45, 2.75) is 26.8 Å². The van der Waals surface area contributed by atoms with Gasteiger partial charge >= 0.3 is 0 Å². The summed E-state index contributed by atoms with van der Waals surface area (Å²) in [5.41, 5.74) is 3.08. The standard InChI is InChI=1S/C18H20F2N2O/c1-11-5-4-6-12(2)18(11)22-17(23)10-21-13(3)15-8-7-14(19)9-16(15)20/h4-9,13,21H,10H2,1-3H3,(H,22,23)/t13-/m1/s1. The summed E-state index contributed by atoms with van der Waals surface area (Å²) in [5.74, 6) is -1.46. The number of carbonyl (C=O) groups excluding carboxylic acids is 1. The van der Waals surface area contributed by atoms with Crippen LogP contribution in [0.1, 0.15) is 29.7 Å². The van der Waals surface area contributed by atoms with E-state index in [1.165, 1.54) is 12.1 Å². The van der Waals surface area contributed by atoms with Crippen molar-refractivity contribution >= 4 is 11.6 Å². The van der Waals surface area contributed by atoms with E-state index < -0.39 is 17.7 Å². The number of aryl methyl sites for hydroxylation is 2. The average Bonchev–Trinajstić information content (AvgIpc) is 2.49. The first-order valence-electron chi connectivity index (χ1n) is 7.43. The predicted molar refractivity (Wildman–Crippen MR) is 87.3 cm³/mol. The molecule has 0 unspecified atom stereocenters. The molecular weight excluding hydrogens is 298 g/mol. The van der Waals surface area contributed by atoms with E-state index in [0.717, 1.165) is 22.9 Å². The van der Waals surface area contributed by atoms with Crippen LogP contribution in [-0.2, 0) is 4.79 Å². The van der Waals surface area contributed by atoms with Gasteiger partial charge in [0.15, 0.2) is 0 Å². The highest BCUT2D eigenvalue weighted by Crippen LogP contribution is 2.20. The van der Waals surface area contributed by atoms with Crippen LogP contribution >= 0.6 is 0 Å². The molecule has 0 aliphatic carbocycles. The zero-order chi connectivity index (χ0) is 17.0. The fourth-order valence-corrected chi connectivity index (χ4v) is 2.40. The highest BCUT2D eigenvalue weighted by Gasteiger charge is 2.13. The first kappa shape index (κ1) is 17.1. The Balaban J connectivity index is 1.96. The second-order valence-corrected chi connectivity index (χ2v) is 5.58. The Kier molecular flexibility index (Phi) is 5.45. The molecule has 0 radical (unpaired) electrons. The van der Waals surface area contributed by atoms with E-state index in [0.29, 0.717) is 5.56 Å². The van der Waals surface area contributed by atoms with Crippen LogP contribution in [0.4, 0.5) is 14.5 Å². The first-order valence-corrected chi connectivity index (χ1v) is 7.43. The molecule has 5 heteroatoms. The van der Waals surface area contributed by atoms with Gasteiger partial charge in [-0.3, -0.25) is 4.79 Å². The Morgan fingerprint density at radius 2 is 1.78 bits per heavy atom. The minimum absolute atomic E-state index is 0.0335. The maximum absolute atomic E-state index is 13.7. The van der Waals surface area contributed by atoms with Crippen molar-refractivity contribution < 1.29 is 13.6 Å². The van der Waals surface area contributed by atoms with E-state index >= 15 is 0 Å². The molecule has 0 saturated heterocycles. The minimum atomic E-state index is -0.625. The molecule has 0 spiro atoms. The van der Waals surface area contributed by atoms with E-state index in [1.54, 1.807) is 6.92 Å². The molecule has 23 heavy (non-hydrogen) atoms. The molecular formula is C18H20F2N2O. The maximum atomic E-state index is 13.7. The molecule has 2 rings (SSSR count). The van der Waals surface area contributed by atoms with Gasteiger partial charge in [-0.05, 0) is 38.0 Å². The number of para-hydroxylation sites is 1. The van der Waals surface area contributed by atoms with E-state index in [-0.39, 0.29) is 12.5 Å². The van der Waals surface area contributed by atoms with Crippen molar-refractivity contribution in [3.8, 4) is 0 Å². The highest BCUT2D eigenvalue weighted by atomic mass is 19.1. The summed E-state index contributed by atoms with van der Waals surface area (Å²) in [7, 11) is 0.